The Balaban J connectivity index is 3.26. The summed E-state index contributed by atoms with van der Waals surface area (Å²) in [6.07, 6.45) is -1.16. The minimum Gasteiger partial charge on any atom is -0.368 e. The minimum atomic E-state index is -0.771. The Morgan fingerprint density at radius 3 is 2.10 bits per heavy atom. The minimum absolute atomic E-state index is 0.241. The summed E-state index contributed by atoms with van der Waals surface area (Å²) in [5, 5.41) is 8.66. The molecule has 0 aromatic carbocycles. The molecule has 0 aromatic rings. The highest BCUT2D eigenvalue weighted by Crippen LogP contribution is 1.93. The van der Waals surface area contributed by atoms with Crippen LogP contribution in [0.2, 0.25) is 0 Å². The summed E-state index contributed by atoms with van der Waals surface area (Å²) in [5.74, 6) is 0. The van der Waals surface area contributed by atoms with Crippen LogP contribution in [-0.4, -0.2) is 38.5 Å². The van der Waals surface area contributed by atoms with Crippen LogP contribution in [0.3, 0.4) is 0 Å². The van der Waals surface area contributed by atoms with Crippen LogP contribution in [-0.2, 0) is 14.2 Å². The smallest absolute Gasteiger partial charge is 0.180 e. The molecule has 0 amide bonds. The molecule has 1 atom stereocenters. The zero-order chi connectivity index (χ0) is 7.98. The normalized spacial score (nSPS) is 14.1. The molecule has 0 aliphatic carbocycles. The number of aliphatic hydroxyl groups is 1. The van der Waals surface area contributed by atoms with E-state index >= 15 is 0 Å². The van der Waals surface area contributed by atoms with Crippen molar-refractivity contribution in [3.63, 3.8) is 0 Å². The van der Waals surface area contributed by atoms with Crippen molar-refractivity contribution in [2.75, 3.05) is 20.8 Å². The molecule has 1 N–H and O–H groups in total. The maximum Gasteiger partial charge on any atom is 0.180 e. The Kier molecular flexibility index (Phi) is 5.52. The highest BCUT2D eigenvalue weighted by molar-refractivity contribution is 4.37. The van der Waals surface area contributed by atoms with Gasteiger partial charge in [-0.25, -0.2) is 0 Å². The van der Waals surface area contributed by atoms with E-state index in [1.807, 2.05) is 0 Å². The standard InChI is InChI=1S/C6H14O4/c1-5(7)10-4-6(8-2)9-3/h5-7H,4H2,1-3H3. The van der Waals surface area contributed by atoms with Crippen LogP contribution in [0.4, 0.5) is 0 Å². The van der Waals surface area contributed by atoms with E-state index in [1.165, 1.54) is 21.1 Å². The molecule has 0 aliphatic heterocycles. The van der Waals surface area contributed by atoms with Gasteiger partial charge in [0.1, 0.15) is 6.61 Å². The molecular weight excluding hydrogens is 136 g/mol. The molecule has 62 valence electrons. The second-order valence-electron chi connectivity index (χ2n) is 1.83. The first-order valence-corrected chi connectivity index (χ1v) is 3.06. The molecule has 0 aromatic heterocycles. The van der Waals surface area contributed by atoms with Crippen LogP contribution < -0.4 is 0 Å². The maximum atomic E-state index is 8.66. The predicted molar refractivity (Wildman–Crippen MR) is 35.4 cm³/mol. The van der Waals surface area contributed by atoms with E-state index in [9.17, 15) is 0 Å². The summed E-state index contributed by atoms with van der Waals surface area (Å²) in [5.41, 5.74) is 0. The summed E-state index contributed by atoms with van der Waals surface area (Å²) in [7, 11) is 3.03. The van der Waals surface area contributed by atoms with Gasteiger partial charge in [-0.3, -0.25) is 0 Å². The third-order valence-electron chi connectivity index (χ3n) is 0.999. The first-order chi connectivity index (χ1) is 4.70. The molecule has 1 unspecified atom stereocenters. The maximum absolute atomic E-state index is 8.66. The number of hydrogen-bond donors (Lipinski definition) is 1. The molecule has 10 heavy (non-hydrogen) atoms. The van der Waals surface area contributed by atoms with Gasteiger partial charge < -0.3 is 19.3 Å². The predicted octanol–water partition coefficient (Wildman–Crippen LogP) is -0.0398. The Morgan fingerprint density at radius 1 is 1.30 bits per heavy atom. The van der Waals surface area contributed by atoms with E-state index in [1.54, 1.807) is 0 Å². The number of ether oxygens (including phenoxy) is 3. The van der Waals surface area contributed by atoms with Gasteiger partial charge in [0.2, 0.25) is 0 Å². The number of methoxy groups -OCH3 is 2. The first kappa shape index (κ1) is 9.84. The third kappa shape index (κ3) is 4.69. The number of hydrogen-bond acceptors (Lipinski definition) is 4. The van der Waals surface area contributed by atoms with E-state index in [0.717, 1.165) is 0 Å². The fourth-order valence-corrected chi connectivity index (χ4v) is 0.450. The summed E-state index contributed by atoms with van der Waals surface area (Å²) < 4.78 is 14.4. The van der Waals surface area contributed by atoms with Crippen molar-refractivity contribution in [1.29, 1.82) is 0 Å². The van der Waals surface area contributed by atoms with Gasteiger partial charge in [0.05, 0.1) is 0 Å². The molecule has 0 bridgehead atoms. The zero-order valence-electron chi connectivity index (χ0n) is 6.53. The van der Waals surface area contributed by atoms with E-state index < -0.39 is 12.6 Å². The van der Waals surface area contributed by atoms with Crippen molar-refractivity contribution in [1.82, 2.24) is 0 Å². The van der Waals surface area contributed by atoms with Gasteiger partial charge in [0, 0.05) is 14.2 Å². The highest BCUT2D eigenvalue weighted by atomic mass is 16.7. The van der Waals surface area contributed by atoms with Crippen LogP contribution in [0.15, 0.2) is 0 Å². The van der Waals surface area contributed by atoms with Crippen molar-refractivity contribution in [3.05, 3.63) is 0 Å². The number of aliphatic hydroxyl groups excluding tert-OH is 1. The largest absolute Gasteiger partial charge is 0.368 e. The molecule has 4 nitrogen and oxygen atoms in total. The summed E-state index contributed by atoms with van der Waals surface area (Å²) in [4.78, 5) is 0. The topological polar surface area (TPSA) is 47.9 Å². The monoisotopic (exact) mass is 150 g/mol. The van der Waals surface area contributed by atoms with Gasteiger partial charge in [-0.2, -0.15) is 0 Å². The van der Waals surface area contributed by atoms with Crippen molar-refractivity contribution >= 4 is 0 Å². The van der Waals surface area contributed by atoms with Crippen molar-refractivity contribution in [3.8, 4) is 0 Å². The lowest BCUT2D eigenvalue weighted by molar-refractivity contribution is -0.181. The van der Waals surface area contributed by atoms with Crippen molar-refractivity contribution < 1.29 is 19.3 Å². The molecule has 0 aliphatic rings. The summed E-state index contributed by atoms with van der Waals surface area (Å²) in [6, 6.07) is 0. The van der Waals surface area contributed by atoms with Crippen LogP contribution >= 0.6 is 0 Å². The second kappa shape index (κ2) is 5.61. The Labute approximate surface area is 60.7 Å². The van der Waals surface area contributed by atoms with Crippen LogP contribution in [0.5, 0.6) is 0 Å². The average molecular weight is 150 g/mol. The van der Waals surface area contributed by atoms with Crippen molar-refractivity contribution in [2.24, 2.45) is 0 Å². The molecule has 0 heterocycles. The lowest BCUT2D eigenvalue weighted by Crippen LogP contribution is -2.23. The fraction of sp³-hybridized carbons (Fsp3) is 1.00. The van der Waals surface area contributed by atoms with Crippen molar-refractivity contribution in [2.45, 2.75) is 19.5 Å². The van der Waals surface area contributed by atoms with E-state index in [2.05, 4.69) is 0 Å². The van der Waals surface area contributed by atoms with Gasteiger partial charge in [0.25, 0.3) is 0 Å². The molecule has 0 spiro atoms. The summed E-state index contributed by atoms with van der Waals surface area (Å²) in [6.45, 7) is 1.77. The Bertz CT molecular complexity index is 70.1. The molecular formula is C6H14O4. The Hall–Kier alpha value is -0.160. The fourth-order valence-electron chi connectivity index (χ4n) is 0.450. The van der Waals surface area contributed by atoms with Crippen LogP contribution in [0.1, 0.15) is 6.92 Å². The molecule has 0 rings (SSSR count). The van der Waals surface area contributed by atoms with Gasteiger partial charge in [0.15, 0.2) is 12.6 Å². The van der Waals surface area contributed by atoms with Gasteiger partial charge in [-0.05, 0) is 6.92 Å². The highest BCUT2D eigenvalue weighted by Gasteiger charge is 2.05. The van der Waals surface area contributed by atoms with Gasteiger partial charge >= 0.3 is 0 Å². The first-order valence-electron chi connectivity index (χ1n) is 3.06. The van der Waals surface area contributed by atoms with Gasteiger partial charge in [-0.1, -0.05) is 0 Å². The molecule has 0 saturated carbocycles. The van der Waals surface area contributed by atoms with Crippen LogP contribution in [0, 0.1) is 0 Å². The molecule has 0 fully saturated rings. The second-order valence-corrected chi connectivity index (χ2v) is 1.83. The lowest BCUT2D eigenvalue weighted by atomic mass is 10.6. The average Bonchev–Trinajstić information content (AvgIpc) is 1.90. The SMILES string of the molecule is COC(COC(C)O)OC. The van der Waals surface area contributed by atoms with Crippen LogP contribution in [0.25, 0.3) is 0 Å². The van der Waals surface area contributed by atoms with Gasteiger partial charge in [-0.15, -0.1) is 0 Å². The molecule has 0 saturated heterocycles. The summed E-state index contributed by atoms with van der Waals surface area (Å²) >= 11 is 0. The number of rotatable bonds is 5. The quantitative estimate of drug-likeness (QED) is 0.559. The lowest BCUT2D eigenvalue weighted by Gasteiger charge is -2.14. The van der Waals surface area contributed by atoms with E-state index in [4.69, 9.17) is 19.3 Å². The third-order valence-corrected chi connectivity index (χ3v) is 0.999. The Morgan fingerprint density at radius 2 is 1.80 bits per heavy atom. The zero-order valence-corrected chi connectivity index (χ0v) is 6.53. The van der Waals surface area contributed by atoms with E-state index in [-0.39, 0.29) is 6.61 Å². The molecule has 4 heteroatoms. The van der Waals surface area contributed by atoms with E-state index in [0.29, 0.717) is 0 Å². The molecule has 0 radical (unpaired) electrons.